The third-order valence-electron chi connectivity index (χ3n) is 2.83. The molecule has 7 nitrogen and oxygen atoms in total. The molecule has 8 heteroatoms. The number of carbonyl (C=O) groups excluding carboxylic acids is 1. The zero-order valence-corrected chi connectivity index (χ0v) is 13.1. The molecule has 1 aromatic rings. The summed E-state index contributed by atoms with van der Waals surface area (Å²) in [6.07, 6.45) is 1.13. The molecule has 0 saturated carbocycles. The van der Waals surface area contributed by atoms with E-state index in [4.69, 9.17) is 5.41 Å². The number of hydrogen-bond donors (Lipinski definition) is 3. The monoisotopic (exact) mass is 312 g/mol. The minimum absolute atomic E-state index is 0.168. The van der Waals surface area contributed by atoms with Crippen LogP contribution in [0.5, 0.6) is 0 Å². The minimum Gasteiger partial charge on any atom is -0.326 e. The number of rotatable bonds is 4. The molecule has 0 saturated heterocycles. The molecule has 0 radical (unpaired) electrons. The lowest BCUT2D eigenvalue weighted by Gasteiger charge is -2.19. The number of amides is 2. The molecular weight excluding hydrogens is 292 g/mol. The van der Waals surface area contributed by atoms with Crippen LogP contribution in [-0.2, 0) is 9.84 Å². The van der Waals surface area contributed by atoms with Crippen molar-refractivity contribution in [2.45, 2.75) is 18.7 Å². The van der Waals surface area contributed by atoms with E-state index in [0.717, 1.165) is 6.26 Å². The van der Waals surface area contributed by atoms with Crippen molar-refractivity contribution in [3.05, 3.63) is 24.3 Å². The molecule has 3 N–H and O–H groups in total. The molecule has 0 bridgehead atoms. The van der Waals surface area contributed by atoms with Crippen LogP contribution in [0.4, 0.5) is 10.5 Å². The Hall–Kier alpha value is -2.09. The van der Waals surface area contributed by atoms with Crippen molar-refractivity contribution in [1.29, 1.82) is 5.41 Å². The van der Waals surface area contributed by atoms with Gasteiger partial charge in [-0.05, 0) is 38.1 Å². The van der Waals surface area contributed by atoms with Crippen molar-refractivity contribution in [1.82, 2.24) is 10.2 Å². The van der Waals surface area contributed by atoms with Gasteiger partial charge in [-0.1, -0.05) is 0 Å². The lowest BCUT2D eigenvalue weighted by atomic mass is 10.3. The van der Waals surface area contributed by atoms with E-state index in [1.807, 2.05) is 13.8 Å². The zero-order chi connectivity index (χ0) is 16.0. The first-order valence-corrected chi connectivity index (χ1v) is 8.38. The number of guanidine groups is 1. The van der Waals surface area contributed by atoms with Crippen LogP contribution in [-0.4, -0.2) is 44.7 Å². The van der Waals surface area contributed by atoms with Crippen LogP contribution in [0.15, 0.2) is 29.2 Å². The Bertz CT molecular complexity index is 607. The molecule has 0 heterocycles. The van der Waals surface area contributed by atoms with Gasteiger partial charge in [0.25, 0.3) is 0 Å². The number of hydrogen-bond acceptors (Lipinski definition) is 4. The van der Waals surface area contributed by atoms with Crippen LogP contribution < -0.4 is 10.6 Å². The van der Waals surface area contributed by atoms with E-state index in [1.165, 1.54) is 24.3 Å². The highest BCUT2D eigenvalue weighted by Gasteiger charge is 2.11. The van der Waals surface area contributed by atoms with Crippen LogP contribution in [0.25, 0.3) is 0 Å². The number of sulfone groups is 1. The van der Waals surface area contributed by atoms with Gasteiger partial charge >= 0.3 is 6.03 Å². The first kappa shape index (κ1) is 17.0. The minimum atomic E-state index is -3.24. The van der Waals surface area contributed by atoms with Gasteiger partial charge < -0.3 is 10.2 Å². The molecule has 0 unspecified atom stereocenters. The molecule has 0 aliphatic heterocycles. The third kappa shape index (κ3) is 5.07. The molecule has 0 fully saturated rings. The van der Waals surface area contributed by atoms with Gasteiger partial charge in [-0.25, -0.2) is 13.2 Å². The average Bonchev–Trinajstić information content (AvgIpc) is 2.39. The summed E-state index contributed by atoms with van der Waals surface area (Å²) >= 11 is 0. The molecule has 0 atom stereocenters. The normalized spacial score (nSPS) is 10.8. The van der Waals surface area contributed by atoms with E-state index in [-0.39, 0.29) is 16.9 Å². The first-order valence-electron chi connectivity index (χ1n) is 6.49. The third-order valence-corrected chi connectivity index (χ3v) is 3.96. The summed E-state index contributed by atoms with van der Waals surface area (Å²) in [6.45, 7) is 4.81. The number of nitrogens with one attached hydrogen (secondary N) is 3. The average molecular weight is 312 g/mol. The summed E-state index contributed by atoms with van der Waals surface area (Å²) in [7, 11) is -3.24. The van der Waals surface area contributed by atoms with E-state index in [1.54, 1.807) is 4.90 Å². The molecule has 1 rings (SSSR count). The van der Waals surface area contributed by atoms with E-state index in [9.17, 15) is 13.2 Å². The summed E-state index contributed by atoms with van der Waals surface area (Å²) in [5.41, 5.74) is 0.521. The fourth-order valence-corrected chi connectivity index (χ4v) is 2.29. The van der Waals surface area contributed by atoms with E-state index < -0.39 is 9.84 Å². The van der Waals surface area contributed by atoms with Crippen LogP contribution >= 0.6 is 0 Å². The summed E-state index contributed by atoms with van der Waals surface area (Å²) in [6, 6.07) is 5.60. The number of nitrogens with zero attached hydrogens (tertiary/aromatic N) is 1. The van der Waals surface area contributed by atoms with Crippen molar-refractivity contribution in [2.75, 3.05) is 24.7 Å². The summed E-state index contributed by atoms with van der Waals surface area (Å²) in [5.74, 6) is -0.168. The molecule has 0 aromatic heterocycles. The van der Waals surface area contributed by atoms with E-state index >= 15 is 0 Å². The molecule has 1 aromatic carbocycles. The standard InChI is InChI=1S/C13H20N4O3S/c1-4-17(5-2)13(18)16-12(14)15-10-6-8-11(9-7-10)21(3,19)20/h6-9H,4-5H2,1-3H3,(H3,14,15,16,18). The number of anilines is 1. The van der Waals surface area contributed by atoms with Gasteiger partial charge in [-0.15, -0.1) is 0 Å². The molecular formula is C13H20N4O3S. The van der Waals surface area contributed by atoms with Crippen LogP contribution in [0.3, 0.4) is 0 Å². The van der Waals surface area contributed by atoms with Crippen molar-refractivity contribution < 1.29 is 13.2 Å². The summed E-state index contributed by atoms with van der Waals surface area (Å²) < 4.78 is 22.7. The fraction of sp³-hybridized carbons (Fsp3) is 0.385. The molecule has 0 spiro atoms. The van der Waals surface area contributed by atoms with Crippen LogP contribution in [0, 0.1) is 5.41 Å². The highest BCUT2D eigenvalue weighted by molar-refractivity contribution is 7.90. The molecule has 2 amide bonds. The lowest BCUT2D eigenvalue weighted by Crippen LogP contribution is -2.44. The van der Waals surface area contributed by atoms with Crippen molar-refractivity contribution >= 4 is 27.5 Å². The zero-order valence-electron chi connectivity index (χ0n) is 12.3. The first-order chi connectivity index (χ1) is 9.77. The van der Waals surface area contributed by atoms with Gasteiger partial charge in [0.1, 0.15) is 0 Å². The van der Waals surface area contributed by atoms with Gasteiger partial charge in [0, 0.05) is 25.0 Å². The largest absolute Gasteiger partial charge is 0.326 e. The van der Waals surface area contributed by atoms with Crippen molar-refractivity contribution in [3.63, 3.8) is 0 Å². The predicted molar refractivity (Wildman–Crippen MR) is 82.4 cm³/mol. The number of urea groups is 1. The Morgan fingerprint density at radius 3 is 2.14 bits per heavy atom. The van der Waals surface area contributed by atoms with Gasteiger partial charge in [-0.2, -0.15) is 0 Å². The van der Waals surface area contributed by atoms with Crippen molar-refractivity contribution in [2.24, 2.45) is 0 Å². The SMILES string of the molecule is CCN(CC)C(=O)NC(=N)Nc1ccc(S(C)(=O)=O)cc1. The molecule has 0 aliphatic rings. The van der Waals surface area contributed by atoms with Gasteiger partial charge in [-0.3, -0.25) is 10.7 Å². The molecule has 116 valence electrons. The second-order valence-corrected chi connectivity index (χ2v) is 6.41. The van der Waals surface area contributed by atoms with Gasteiger partial charge in [0.05, 0.1) is 4.90 Å². The van der Waals surface area contributed by atoms with Crippen molar-refractivity contribution in [3.8, 4) is 0 Å². The highest BCUT2D eigenvalue weighted by Crippen LogP contribution is 2.13. The van der Waals surface area contributed by atoms with Crippen LogP contribution in [0.1, 0.15) is 13.8 Å². The second-order valence-electron chi connectivity index (χ2n) is 4.40. The number of benzene rings is 1. The van der Waals surface area contributed by atoms with E-state index in [2.05, 4.69) is 10.6 Å². The summed E-state index contributed by atoms with van der Waals surface area (Å²) in [5, 5.41) is 12.8. The Morgan fingerprint density at radius 2 is 1.71 bits per heavy atom. The lowest BCUT2D eigenvalue weighted by molar-refractivity contribution is 0.208. The Morgan fingerprint density at radius 1 is 1.19 bits per heavy atom. The van der Waals surface area contributed by atoms with Crippen LogP contribution in [0.2, 0.25) is 0 Å². The summed E-state index contributed by atoms with van der Waals surface area (Å²) in [4.78, 5) is 13.5. The van der Waals surface area contributed by atoms with Gasteiger partial charge in [0.15, 0.2) is 9.84 Å². The van der Waals surface area contributed by atoms with Gasteiger partial charge in [0.2, 0.25) is 5.96 Å². The Labute approximate surface area is 124 Å². The topological polar surface area (TPSA) is 102 Å². The fourth-order valence-electron chi connectivity index (χ4n) is 1.66. The molecule has 0 aliphatic carbocycles. The maximum atomic E-state index is 11.7. The Kier molecular flexibility index (Phi) is 5.71. The second kappa shape index (κ2) is 7.07. The maximum Gasteiger partial charge on any atom is 0.324 e. The quantitative estimate of drug-likeness (QED) is 0.579. The highest BCUT2D eigenvalue weighted by atomic mass is 32.2. The predicted octanol–water partition coefficient (Wildman–Crippen LogP) is 1.49. The number of carbonyl (C=O) groups is 1. The van der Waals surface area contributed by atoms with E-state index in [0.29, 0.717) is 18.8 Å². The molecule has 21 heavy (non-hydrogen) atoms. The maximum absolute atomic E-state index is 11.7. The smallest absolute Gasteiger partial charge is 0.324 e. The Balaban J connectivity index is 2.65.